The Kier molecular flexibility index (Phi) is 2.33. The van der Waals surface area contributed by atoms with Gasteiger partial charge in [-0.15, -0.1) is 0 Å². The van der Waals surface area contributed by atoms with Crippen molar-refractivity contribution >= 4 is 11.4 Å². The molecule has 0 saturated heterocycles. The van der Waals surface area contributed by atoms with Crippen molar-refractivity contribution in [3.63, 3.8) is 0 Å². The number of phenolic OH excluding ortho intramolecular Hbond substituents is 3. The third kappa shape index (κ3) is 1.41. The summed E-state index contributed by atoms with van der Waals surface area (Å²) >= 11 is 0. The SMILES string of the molecule is O=C1CCc2cc(O)c(O)c(O)c2C2=C1CCC2. The average Bonchev–Trinajstić information content (AvgIpc) is 2.77. The molecule has 0 unspecified atom stereocenters. The van der Waals surface area contributed by atoms with Crippen LogP contribution in [0.1, 0.15) is 36.8 Å². The van der Waals surface area contributed by atoms with Crippen LogP contribution in [0.4, 0.5) is 0 Å². The average molecular weight is 246 g/mol. The molecule has 1 aromatic carbocycles. The summed E-state index contributed by atoms with van der Waals surface area (Å²) < 4.78 is 0. The molecule has 0 atom stereocenters. The number of rotatable bonds is 0. The topological polar surface area (TPSA) is 77.8 Å². The van der Waals surface area contributed by atoms with Crippen LogP contribution in [0.3, 0.4) is 0 Å². The lowest BCUT2D eigenvalue weighted by atomic mass is 9.95. The van der Waals surface area contributed by atoms with Crippen LogP contribution in [0.15, 0.2) is 11.6 Å². The summed E-state index contributed by atoms with van der Waals surface area (Å²) in [6, 6.07) is 1.45. The number of aryl methyl sites for hydroxylation is 1. The summed E-state index contributed by atoms with van der Waals surface area (Å²) in [5.74, 6) is -1.01. The standard InChI is InChI=1S/C14H14O4/c15-10-5-4-7-6-11(16)13(17)14(18)12(7)9-3-1-2-8(9)10/h6,16-18H,1-5H2. The number of fused-ring (bicyclic) bond motifs is 2. The first-order valence-corrected chi connectivity index (χ1v) is 6.12. The minimum Gasteiger partial charge on any atom is -0.504 e. The summed E-state index contributed by atoms with van der Waals surface area (Å²) in [5.41, 5.74) is 2.93. The number of benzene rings is 1. The third-order valence-electron chi connectivity index (χ3n) is 3.81. The molecule has 0 radical (unpaired) electrons. The van der Waals surface area contributed by atoms with E-state index in [1.807, 2.05) is 0 Å². The first-order chi connectivity index (χ1) is 8.59. The summed E-state index contributed by atoms with van der Waals surface area (Å²) in [6.45, 7) is 0. The largest absolute Gasteiger partial charge is 0.504 e. The molecule has 0 heterocycles. The number of hydrogen-bond acceptors (Lipinski definition) is 4. The van der Waals surface area contributed by atoms with Gasteiger partial charge in [0.15, 0.2) is 17.3 Å². The van der Waals surface area contributed by atoms with Gasteiger partial charge < -0.3 is 15.3 Å². The summed E-state index contributed by atoms with van der Waals surface area (Å²) in [4.78, 5) is 12.0. The third-order valence-corrected chi connectivity index (χ3v) is 3.81. The van der Waals surface area contributed by atoms with Crippen molar-refractivity contribution in [2.75, 3.05) is 0 Å². The Morgan fingerprint density at radius 1 is 0.889 bits per heavy atom. The maximum atomic E-state index is 12.0. The molecule has 94 valence electrons. The van der Waals surface area contributed by atoms with Crippen LogP contribution in [0, 0.1) is 0 Å². The molecule has 3 N–H and O–H groups in total. The number of phenols is 3. The maximum absolute atomic E-state index is 12.0. The molecular weight excluding hydrogens is 232 g/mol. The molecule has 2 aliphatic rings. The van der Waals surface area contributed by atoms with Crippen LogP contribution in [-0.4, -0.2) is 21.1 Å². The lowest BCUT2D eigenvalue weighted by molar-refractivity contribution is -0.115. The molecule has 18 heavy (non-hydrogen) atoms. The number of carbonyl (C=O) groups is 1. The second kappa shape index (κ2) is 3.77. The molecule has 1 aromatic rings. The van der Waals surface area contributed by atoms with Crippen molar-refractivity contribution < 1.29 is 20.1 Å². The van der Waals surface area contributed by atoms with Crippen molar-refractivity contribution in [3.8, 4) is 17.2 Å². The highest BCUT2D eigenvalue weighted by molar-refractivity contribution is 6.05. The molecule has 0 spiro atoms. The number of aromatic hydroxyl groups is 3. The molecule has 4 heteroatoms. The zero-order chi connectivity index (χ0) is 12.9. The maximum Gasteiger partial charge on any atom is 0.200 e. The van der Waals surface area contributed by atoms with Crippen molar-refractivity contribution in [1.29, 1.82) is 0 Å². The number of ketones is 1. The van der Waals surface area contributed by atoms with E-state index in [1.54, 1.807) is 0 Å². The fourth-order valence-electron chi connectivity index (χ4n) is 2.96. The van der Waals surface area contributed by atoms with E-state index in [2.05, 4.69) is 0 Å². The van der Waals surface area contributed by atoms with Gasteiger partial charge in [-0.2, -0.15) is 0 Å². The summed E-state index contributed by atoms with van der Waals surface area (Å²) in [5, 5.41) is 29.2. The normalized spacial score (nSPS) is 18.6. The van der Waals surface area contributed by atoms with E-state index in [4.69, 9.17) is 0 Å². The van der Waals surface area contributed by atoms with Gasteiger partial charge in [-0.25, -0.2) is 0 Å². The highest BCUT2D eigenvalue weighted by Crippen LogP contribution is 2.48. The number of allylic oxidation sites excluding steroid dienone is 2. The van der Waals surface area contributed by atoms with Gasteiger partial charge in [-0.3, -0.25) is 4.79 Å². The van der Waals surface area contributed by atoms with Crippen LogP contribution in [0.2, 0.25) is 0 Å². The van der Waals surface area contributed by atoms with Crippen LogP contribution in [0.25, 0.3) is 5.57 Å². The van der Waals surface area contributed by atoms with Crippen LogP contribution >= 0.6 is 0 Å². The Morgan fingerprint density at radius 3 is 2.39 bits per heavy atom. The molecule has 0 fully saturated rings. The Morgan fingerprint density at radius 2 is 1.61 bits per heavy atom. The minimum absolute atomic E-state index is 0.122. The lowest BCUT2D eigenvalue weighted by Crippen LogP contribution is -2.00. The van der Waals surface area contributed by atoms with Crippen molar-refractivity contribution in [1.82, 2.24) is 0 Å². The van der Waals surface area contributed by atoms with E-state index in [1.165, 1.54) is 6.07 Å². The number of hydrogen-bond donors (Lipinski definition) is 3. The molecule has 4 nitrogen and oxygen atoms in total. The van der Waals surface area contributed by atoms with E-state index in [0.29, 0.717) is 18.4 Å². The highest BCUT2D eigenvalue weighted by atomic mass is 16.3. The van der Waals surface area contributed by atoms with Crippen LogP contribution < -0.4 is 0 Å². The molecule has 0 aromatic heterocycles. The van der Waals surface area contributed by atoms with Crippen molar-refractivity contribution in [3.05, 3.63) is 22.8 Å². The van der Waals surface area contributed by atoms with Crippen LogP contribution in [0.5, 0.6) is 17.2 Å². The van der Waals surface area contributed by atoms with Gasteiger partial charge in [0, 0.05) is 12.0 Å². The Labute approximate surface area is 104 Å². The smallest absolute Gasteiger partial charge is 0.200 e. The fraction of sp³-hybridized carbons (Fsp3) is 0.357. The van der Waals surface area contributed by atoms with E-state index < -0.39 is 5.75 Å². The zero-order valence-corrected chi connectivity index (χ0v) is 9.86. The number of Topliss-reactive ketones (excluding diaryl/α,β-unsaturated/α-hetero) is 1. The second-order valence-corrected chi connectivity index (χ2v) is 4.86. The van der Waals surface area contributed by atoms with Gasteiger partial charge in [-0.1, -0.05) is 0 Å². The van der Waals surface area contributed by atoms with Gasteiger partial charge in [0.2, 0.25) is 5.75 Å². The minimum atomic E-state index is -0.498. The zero-order valence-electron chi connectivity index (χ0n) is 9.86. The first-order valence-electron chi connectivity index (χ1n) is 6.12. The molecule has 0 aliphatic heterocycles. The van der Waals surface area contributed by atoms with E-state index >= 15 is 0 Å². The van der Waals surface area contributed by atoms with Crippen LogP contribution in [-0.2, 0) is 11.2 Å². The molecular formula is C14H14O4. The Bertz CT molecular complexity index is 584. The van der Waals surface area contributed by atoms with E-state index in [9.17, 15) is 20.1 Å². The lowest BCUT2D eigenvalue weighted by Gasteiger charge is -2.13. The van der Waals surface area contributed by atoms with Crippen molar-refractivity contribution in [2.24, 2.45) is 0 Å². The van der Waals surface area contributed by atoms with E-state index in [0.717, 1.165) is 36.0 Å². The van der Waals surface area contributed by atoms with Gasteiger partial charge >= 0.3 is 0 Å². The molecule has 0 bridgehead atoms. The highest BCUT2D eigenvalue weighted by Gasteiger charge is 2.30. The van der Waals surface area contributed by atoms with Gasteiger partial charge in [0.05, 0.1) is 0 Å². The van der Waals surface area contributed by atoms with E-state index in [-0.39, 0.29) is 17.3 Å². The van der Waals surface area contributed by atoms with Crippen molar-refractivity contribution in [2.45, 2.75) is 32.1 Å². The van der Waals surface area contributed by atoms with Gasteiger partial charge in [-0.05, 0) is 48.5 Å². The summed E-state index contributed by atoms with van der Waals surface area (Å²) in [6.07, 6.45) is 3.27. The molecule has 0 saturated carbocycles. The Balaban J connectivity index is 2.31. The van der Waals surface area contributed by atoms with Gasteiger partial charge in [0.25, 0.3) is 0 Å². The quantitative estimate of drug-likeness (QED) is 0.613. The number of carbonyl (C=O) groups excluding carboxylic acids is 1. The summed E-state index contributed by atoms with van der Waals surface area (Å²) in [7, 11) is 0. The monoisotopic (exact) mass is 246 g/mol. The second-order valence-electron chi connectivity index (χ2n) is 4.86. The van der Waals surface area contributed by atoms with Gasteiger partial charge in [0.1, 0.15) is 0 Å². The molecule has 0 amide bonds. The molecule has 2 aliphatic carbocycles. The first kappa shape index (κ1) is 11.1. The predicted octanol–water partition coefficient (Wildman–Crippen LogP) is 2.26. The fourth-order valence-corrected chi connectivity index (χ4v) is 2.96. The Hall–Kier alpha value is -1.97. The predicted molar refractivity (Wildman–Crippen MR) is 65.5 cm³/mol. The molecule has 3 rings (SSSR count).